The van der Waals surface area contributed by atoms with Crippen molar-refractivity contribution in [2.45, 2.75) is 0 Å². The predicted molar refractivity (Wildman–Crippen MR) is 17.5 cm³/mol. The second-order valence-electron chi connectivity index (χ2n) is 0.469. The standard InChI is InChI=1S/Al.H3O4P.H2O/c;1-5(2,3)4;/h;(H3,1,2,3,4);1H2/q+3;;/p-3. The Bertz CT molecular complexity index is 54.2. The third kappa shape index (κ3) is 385. The van der Waals surface area contributed by atoms with E-state index in [1.165, 1.54) is 0 Å². The van der Waals surface area contributed by atoms with Crippen LogP contribution >= 0.6 is 7.82 Å². The van der Waals surface area contributed by atoms with Crippen LogP contribution in [0, 0.1) is 0 Å². The molecule has 0 aromatic rings. The van der Waals surface area contributed by atoms with Gasteiger partial charge in [0.05, 0.1) is 7.82 Å². The van der Waals surface area contributed by atoms with E-state index in [-0.39, 0.29) is 22.8 Å². The molecule has 0 aliphatic carbocycles. The van der Waals surface area contributed by atoms with Gasteiger partial charge < -0.3 is 24.7 Å². The summed E-state index contributed by atoms with van der Waals surface area (Å²) in [5.41, 5.74) is 0. The molecule has 2 N–H and O–H groups in total. The van der Waals surface area contributed by atoms with Crippen molar-refractivity contribution >= 4 is 25.2 Å². The quantitative estimate of drug-likeness (QED) is 0.289. The average Bonchev–Trinajstić information content (AvgIpc) is 0.722. The van der Waals surface area contributed by atoms with Crippen molar-refractivity contribution in [1.29, 1.82) is 0 Å². The molecule has 0 radical (unpaired) electrons. The largest absolute Gasteiger partial charge is 3.00 e. The Labute approximate surface area is 50.7 Å². The first kappa shape index (κ1) is 15.6. The van der Waals surface area contributed by atoms with Crippen molar-refractivity contribution in [3.05, 3.63) is 0 Å². The third-order valence-electron chi connectivity index (χ3n) is 0. The van der Waals surface area contributed by atoms with Crippen LogP contribution < -0.4 is 9.79 Å². The number of hydrogen-bond acceptors (Lipinski definition) is 4. The first-order valence-corrected chi connectivity index (χ1v) is 2.24. The molecule has 0 saturated heterocycles. The van der Waals surface area contributed by atoms with E-state index in [1.54, 1.807) is 0 Å². The van der Waals surface area contributed by atoms with E-state index in [2.05, 4.69) is 0 Å². The summed E-state index contributed by atoms with van der Waals surface area (Å²) in [6.45, 7) is 0. The molecule has 0 fully saturated rings. The van der Waals surface area contributed by atoms with Gasteiger partial charge in [-0.1, -0.05) is 0 Å². The fraction of sp³-hybridized carbons (Fsp3) is 0. The molecule has 0 aromatic heterocycles. The molecule has 7 heteroatoms. The van der Waals surface area contributed by atoms with Crippen LogP contribution in [0.5, 0.6) is 0 Å². The fourth-order valence-corrected chi connectivity index (χ4v) is 0. The first-order chi connectivity index (χ1) is 2.00. The van der Waals surface area contributed by atoms with E-state index in [0.29, 0.717) is 0 Å². The second kappa shape index (κ2) is 4.75. The molecule has 0 aliphatic heterocycles. The maximum atomic E-state index is 8.66. The molecule has 0 amide bonds. The Morgan fingerprint density at radius 1 is 1.43 bits per heavy atom. The van der Waals surface area contributed by atoms with Crippen molar-refractivity contribution in [2.24, 2.45) is 0 Å². The molecular formula is H2AlO5P. The smallest absolute Gasteiger partial charge is 0.870 e. The van der Waals surface area contributed by atoms with Crippen LogP contribution in [-0.2, 0) is 4.57 Å². The summed E-state index contributed by atoms with van der Waals surface area (Å²) < 4.78 is 8.66. The Morgan fingerprint density at radius 3 is 1.43 bits per heavy atom. The van der Waals surface area contributed by atoms with Gasteiger partial charge in [-0.25, -0.2) is 0 Å². The SMILES string of the molecule is O=P([O-])([O-])O.[Al+3].[OH-]. The summed E-state index contributed by atoms with van der Waals surface area (Å²) in [7, 11) is -5.14. The van der Waals surface area contributed by atoms with Crippen LogP contribution in [0.3, 0.4) is 0 Å². The molecule has 0 saturated carbocycles. The van der Waals surface area contributed by atoms with E-state index in [9.17, 15) is 0 Å². The van der Waals surface area contributed by atoms with E-state index < -0.39 is 7.82 Å². The minimum atomic E-state index is -5.14. The summed E-state index contributed by atoms with van der Waals surface area (Å²) in [4.78, 5) is 24.3. The van der Waals surface area contributed by atoms with Crippen LogP contribution in [0.25, 0.3) is 0 Å². The molecule has 0 atom stereocenters. The topological polar surface area (TPSA) is 113 Å². The molecule has 5 nitrogen and oxygen atoms in total. The minimum Gasteiger partial charge on any atom is -0.870 e. The molecule has 0 unspecified atom stereocenters. The molecule has 0 aromatic carbocycles. The van der Waals surface area contributed by atoms with Gasteiger partial charge in [-0.15, -0.1) is 0 Å². The molecular weight excluding hydrogens is 138 g/mol. The van der Waals surface area contributed by atoms with Gasteiger partial charge in [0.15, 0.2) is 0 Å². The van der Waals surface area contributed by atoms with E-state index in [1.807, 2.05) is 0 Å². The maximum Gasteiger partial charge on any atom is 3.00 e. The molecule has 40 valence electrons. The van der Waals surface area contributed by atoms with Gasteiger partial charge in [-0.2, -0.15) is 0 Å². The van der Waals surface area contributed by atoms with Crippen LogP contribution in [0.15, 0.2) is 0 Å². The van der Waals surface area contributed by atoms with Crippen molar-refractivity contribution in [3.63, 3.8) is 0 Å². The molecule has 0 aliphatic rings. The minimum absolute atomic E-state index is 0. The molecule has 0 rings (SSSR count). The molecule has 0 spiro atoms. The number of hydrogen-bond donors (Lipinski definition) is 1. The zero-order valence-electron chi connectivity index (χ0n) is 3.14. The van der Waals surface area contributed by atoms with Gasteiger partial charge in [0, 0.05) is 0 Å². The Morgan fingerprint density at radius 2 is 1.43 bits per heavy atom. The summed E-state index contributed by atoms with van der Waals surface area (Å²) in [5, 5.41) is 0. The van der Waals surface area contributed by atoms with Gasteiger partial charge in [0.2, 0.25) is 0 Å². The van der Waals surface area contributed by atoms with Gasteiger partial charge in [0.25, 0.3) is 0 Å². The normalized spacial score (nSPS) is 8.43. The first-order valence-electron chi connectivity index (χ1n) is 0.748. The Hall–Kier alpha value is 0.602. The van der Waals surface area contributed by atoms with Crippen molar-refractivity contribution in [3.8, 4) is 0 Å². The van der Waals surface area contributed by atoms with Crippen molar-refractivity contribution in [1.82, 2.24) is 0 Å². The molecule has 7 heavy (non-hydrogen) atoms. The van der Waals surface area contributed by atoms with Gasteiger partial charge in [-0.3, -0.25) is 0 Å². The van der Waals surface area contributed by atoms with Crippen molar-refractivity contribution in [2.75, 3.05) is 0 Å². The monoisotopic (exact) mass is 140 g/mol. The average molecular weight is 140 g/mol. The Balaban J connectivity index is -0.0000000800. The van der Waals surface area contributed by atoms with E-state index in [4.69, 9.17) is 19.2 Å². The van der Waals surface area contributed by atoms with Crippen LogP contribution in [0.1, 0.15) is 0 Å². The predicted octanol–water partition coefficient (Wildman–Crippen LogP) is -2.75. The second-order valence-corrected chi connectivity index (χ2v) is 1.41. The molecule has 0 bridgehead atoms. The third-order valence-corrected chi connectivity index (χ3v) is 0. The van der Waals surface area contributed by atoms with Gasteiger partial charge in [-0.05, 0) is 0 Å². The summed E-state index contributed by atoms with van der Waals surface area (Å²) in [6.07, 6.45) is 0. The molecule has 0 heterocycles. The van der Waals surface area contributed by atoms with Crippen LogP contribution in [0.4, 0.5) is 0 Å². The number of phosphoric acid groups is 1. The maximum absolute atomic E-state index is 8.66. The van der Waals surface area contributed by atoms with Gasteiger partial charge in [0.1, 0.15) is 0 Å². The van der Waals surface area contributed by atoms with E-state index in [0.717, 1.165) is 0 Å². The number of rotatable bonds is 0. The fourth-order valence-electron chi connectivity index (χ4n) is 0. The van der Waals surface area contributed by atoms with Crippen molar-refractivity contribution < 1.29 is 24.7 Å². The summed E-state index contributed by atoms with van der Waals surface area (Å²) in [6, 6.07) is 0. The zero-order chi connectivity index (χ0) is 4.50. The zero-order valence-corrected chi connectivity index (χ0v) is 5.19. The Kier molecular flexibility index (Phi) is 10.6. The van der Waals surface area contributed by atoms with Crippen LogP contribution in [0.2, 0.25) is 0 Å². The van der Waals surface area contributed by atoms with Gasteiger partial charge >= 0.3 is 17.4 Å². The van der Waals surface area contributed by atoms with Crippen LogP contribution in [-0.4, -0.2) is 27.7 Å². The summed E-state index contributed by atoms with van der Waals surface area (Å²) >= 11 is 0. The van der Waals surface area contributed by atoms with E-state index >= 15 is 0 Å². The summed E-state index contributed by atoms with van der Waals surface area (Å²) in [5.74, 6) is 0.